The molecule has 5 heteroatoms. The molecule has 3 rings (SSSR count). The number of nitrogens with zero attached hydrogens (tertiary/aromatic N) is 3. The highest BCUT2D eigenvalue weighted by atomic mass is 16.4. The van der Waals surface area contributed by atoms with Gasteiger partial charge in [-0.3, -0.25) is 4.90 Å². The minimum Gasteiger partial charge on any atom is -0.478 e. The van der Waals surface area contributed by atoms with Crippen LogP contribution >= 0.6 is 0 Å². The average Bonchev–Trinajstić information content (AvgIpc) is 2.57. The van der Waals surface area contributed by atoms with Crippen molar-refractivity contribution in [3.05, 3.63) is 59.8 Å². The van der Waals surface area contributed by atoms with Crippen molar-refractivity contribution >= 4 is 11.8 Å². The molecular formula is C17H19N3O2. The number of hydrogen-bond donors (Lipinski definition) is 1. The van der Waals surface area contributed by atoms with Crippen molar-refractivity contribution in [3.63, 3.8) is 0 Å². The molecule has 114 valence electrons. The molecule has 0 spiro atoms. The number of anilines is 1. The Morgan fingerprint density at radius 3 is 2.36 bits per heavy atom. The van der Waals surface area contributed by atoms with Crippen molar-refractivity contribution < 1.29 is 9.90 Å². The second kappa shape index (κ2) is 6.58. The van der Waals surface area contributed by atoms with Crippen LogP contribution in [0.5, 0.6) is 0 Å². The maximum Gasteiger partial charge on any atom is 0.337 e. The fourth-order valence-corrected chi connectivity index (χ4v) is 2.68. The average molecular weight is 297 g/mol. The van der Waals surface area contributed by atoms with Crippen molar-refractivity contribution in [1.29, 1.82) is 0 Å². The van der Waals surface area contributed by atoms with E-state index in [1.165, 1.54) is 11.8 Å². The Bertz CT molecular complexity index is 620. The Kier molecular flexibility index (Phi) is 4.34. The molecule has 1 aromatic heterocycles. The van der Waals surface area contributed by atoms with Gasteiger partial charge in [0.25, 0.3) is 0 Å². The molecule has 1 fully saturated rings. The summed E-state index contributed by atoms with van der Waals surface area (Å²) in [6.07, 6.45) is 1.42. The van der Waals surface area contributed by atoms with Gasteiger partial charge >= 0.3 is 5.97 Å². The van der Waals surface area contributed by atoms with Gasteiger partial charge in [-0.25, -0.2) is 9.78 Å². The van der Waals surface area contributed by atoms with E-state index in [0.717, 1.165) is 38.5 Å². The van der Waals surface area contributed by atoms with Crippen LogP contribution in [0.2, 0.25) is 0 Å². The van der Waals surface area contributed by atoms with Crippen LogP contribution in [0.4, 0.5) is 5.82 Å². The third-order valence-corrected chi connectivity index (χ3v) is 3.94. The number of piperazine rings is 1. The molecule has 22 heavy (non-hydrogen) atoms. The highest BCUT2D eigenvalue weighted by molar-refractivity contribution is 5.87. The first-order valence-electron chi connectivity index (χ1n) is 7.43. The molecule has 1 aromatic carbocycles. The van der Waals surface area contributed by atoms with E-state index in [9.17, 15) is 4.79 Å². The van der Waals surface area contributed by atoms with Crippen LogP contribution in [0.1, 0.15) is 15.9 Å². The second-order valence-corrected chi connectivity index (χ2v) is 5.46. The highest BCUT2D eigenvalue weighted by Crippen LogP contribution is 2.15. The first-order chi connectivity index (χ1) is 10.7. The predicted octanol–water partition coefficient (Wildman–Crippen LogP) is 2.10. The Hall–Kier alpha value is -2.40. The molecule has 0 aliphatic carbocycles. The van der Waals surface area contributed by atoms with E-state index in [1.807, 2.05) is 6.07 Å². The minimum atomic E-state index is -0.938. The number of benzene rings is 1. The van der Waals surface area contributed by atoms with Crippen LogP contribution in [0.25, 0.3) is 0 Å². The van der Waals surface area contributed by atoms with Crippen LogP contribution < -0.4 is 4.90 Å². The molecule has 5 nitrogen and oxygen atoms in total. The molecule has 1 aliphatic rings. The predicted molar refractivity (Wildman–Crippen MR) is 85.1 cm³/mol. The lowest BCUT2D eigenvalue weighted by Gasteiger charge is -2.35. The maximum atomic E-state index is 10.8. The maximum absolute atomic E-state index is 10.8. The summed E-state index contributed by atoms with van der Waals surface area (Å²) in [6, 6.07) is 13.9. The van der Waals surface area contributed by atoms with E-state index >= 15 is 0 Å². The third kappa shape index (κ3) is 3.43. The fraction of sp³-hybridized carbons (Fsp3) is 0.294. The number of carbonyl (C=O) groups is 1. The van der Waals surface area contributed by atoms with Gasteiger partial charge in [0.05, 0.1) is 5.56 Å². The topological polar surface area (TPSA) is 56.7 Å². The van der Waals surface area contributed by atoms with Gasteiger partial charge in [0.1, 0.15) is 5.82 Å². The van der Waals surface area contributed by atoms with Crippen molar-refractivity contribution in [1.82, 2.24) is 9.88 Å². The molecule has 0 unspecified atom stereocenters. The van der Waals surface area contributed by atoms with E-state index < -0.39 is 5.97 Å². The molecule has 0 atom stereocenters. The summed E-state index contributed by atoms with van der Waals surface area (Å²) in [5.74, 6) is -0.0870. The van der Waals surface area contributed by atoms with Crippen molar-refractivity contribution in [2.24, 2.45) is 0 Å². The summed E-state index contributed by atoms with van der Waals surface area (Å²) in [5, 5.41) is 8.90. The summed E-state index contributed by atoms with van der Waals surface area (Å²) in [7, 11) is 0. The Labute approximate surface area is 129 Å². The number of carboxylic acid groups (broad SMARTS) is 1. The molecule has 1 N–H and O–H groups in total. The highest BCUT2D eigenvalue weighted by Gasteiger charge is 2.18. The molecule has 0 saturated carbocycles. The van der Waals surface area contributed by atoms with Crippen LogP contribution in [0.3, 0.4) is 0 Å². The number of hydrogen-bond acceptors (Lipinski definition) is 4. The molecule has 0 radical (unpaired) electrons. The van der Waals surface area contributed by atoms with E-state index in [1.54, 1.807) is 12.1 Å². The first-order valence-corrected chi connectivity index (χ1v) is 7.43. The van der Waals surface area contributed by atoms with Crippen molar-refractivity contribution in [3.8, 4) is 0 Å². The standard InChI is InChI=1S/C17H19N3O2/c21-17(22)15-6-7-16(18-12-15)20-10-8-19(9-11-20)13-14-4-2-1-3-5-14/h1-7,12H,8-11,13H2,(H,21,22). The van der Waals surface area contributed by atoms with Gasteiger partial charge in [-0.1, -0.05) is 30.3 Å². The first kappa shape index (κ1) is 14.5. The number of pyridine rings is 1. The normalized spacial score (nSPS) is 15.7. The Morgan fingerprint density at radius 2 is 1.77 bits per heavy atom. The monoisotopic (exact) mass is 297 g/mol. The summed E-state index contributed by atoms with van der Waals surface area (Å²) in [5.41, 5.74) is 1.56. The van der Waals surface area contributed by atoms with Gasteiger partial charge in [-0.2, -0.15) is 0 Å². The molecule has 1 saturated heterocycles. The lowest BCUT2D eigenvalue weighted by molar-refractivity contribution is 0.0696. The van der Waals surface area contributed by atoms with E-state index in [-0.39, 0.29) is 5.56 Å². The van der Waals surface area contributed by atoms with Crippen molar-refractivity contribution in [2.75, 3.05) is 31.1 Å². The number of aromatic nitrogens is 1. The van der Waals surface area contributed by atoms with Gasteiger partial charge < -0.3 is 10.0 Å². The van der Waals surface area contributed by atoms with E-state index in [0.29, 0.717) is 0 Å². The lowest BCUT2D eigenvalue weighted by atomic mass is 10.2. The smallest absolute Gasteiger partial charge is 0.337 e. The number of carboxylic acids is 1. The molecule has 2 aromatic rings. The van der Waals surface area contributed by atoms with Crippen LogP contribution in [-0.4, -0.2) is 47.1 Å². The molecule has 1 aliphatic heterocycles. The van der Waals surface area contributed by atoms with E-state index in [2.05, 4.69) is 39.0 Å². The minimum absolute atomic E-state index is 0.228. The summed E-state index contributed by atoms with van der Waals surface area (Å²) >= 11 is 0. The third-order valence-electron chi connectivity index (χ3n) is 3.94. The van der Waals surface area contributed by atoms with Gasteiger partial charge in [0, 0.05) is 38.9 Å². The SMILES string of the molecule is O=C(O)c1ccc(N2CCN(Cc3ccccc3)CC2)nc1. The lowest BCUT2D eigenvalue weighted by Crippen LogP contribution is -2.46. The van der Waals surface area contributed by atoms with Gasteiger partial charge in [0.2, 0.25) is 0 Å². The number of aromatic carboxylic acids is 1. The van der Waals surface area contributed by atoms with Gasteiger partial charge in [-0.05, 0) is 17.7 Å². The molecular weight excluding hydrogens is 278 g/mol. The Morgan fingerprint density at radius 1 is 1.05 bits per heavy atom. The largest absolute Gasteiger partial charge is 0.478 e. The zero-order valence-electron chi connectivity index (χ0n) is 12.4. The summed E-state index contributed by atoms with van der Waals surface area (Å²) in [4.78, 5) is 19.7. The Balaban J connectivity index is 1.56. The van der Waals surface area contributed by atoms with Gasteiger partial charge in [0.15, 0.2) is 0 Å². The zero-order chi connectivity index (χ0) is 15.4. The molecule has 2 heterocycles. The molecule has 0 bridgehead atoms. The quantitative estimate of drug-likeness (QED) is 0.936. The van der Waals surface area contributed by atoms with Crippen LogP contribution in [-0.2, 0) is 6.54 Å². The molecule has 0 amide bonds. The number of rotatable bonds is 4. The van der Waals surface area contributed by atoms with E-state index in [4.69, 9.17) is 5.11 Å². The van der Waals surface area contributed by atoms with Crippen LogP contribution in [0.15, 0.2) is 48.7 Å². The van der Waals surface area contributed by atoms with Crippen LogP contribution in [0, 0.1) is 0 Å². The van der Waals surface area contributed by atoms with Gasteiger partial charge in [-0.15, -0.1) is 0 Å². The fourth-order valence-electron chi connectivity index (χ4n) is 2.68. The zero-order valence-corrected chi connectivity index (χ0v) is 12.4. The van der Waals surface area contributed by atoms with Crippen molar-refractivity contribution in [2.45, 2.75) is 6.54 Å². The summed E-state index contributed by atoms with van der Waals surface area (Å²) < 4.78 is 0. The second-order valence-electron chi connectivity index (χ2n) is 5.46. The summed E-state index contributed by atoms with van der Waals surface area (Å²) in [6.45, 7) is 4.76.